The first kappa shape index (κ1) is 18.2. The normalized spacial score (nSPS) is 10.9. The van der Waals surface area contributed by atoms with Crippen molar-refractivity contribution in [2.45, 2.75) is 4.90 Å². The molecule has 0 saturated carbocycles. The molecule has 0 radical (unpaired) electrons. The van der Waals surface area contributed by atoms with E-state index in [1.54, 1.807) is 0 Å². The summed E-state index contributed by atoms with van der Waals surface area (Å²) in [7, 11) is -3.98. The highest BCUT2D eigenvalue weighted by atomic mass is 32.2. The molecule has 2 aromatic rings. The summed E-state index contributed by atoms with van der Waals surface area (Å²) >= 11 is 0. The molecule has 0 bridgehead atoms. The first-order chi connectivity index (χ1) is 11.8. The largest absolute Gasteiger partial charge is 0.508 e. The minimum atomic E-state index is -3.98. The Morgan fingerprint density at radius 3 is 2.28 bits per heavy atom. The number of sulfonamides is 1. The molecular formula is C15H15N3O6S. The number of hydrogen-bond acceptors (Lipinski definition) is 6. The molecule has 25 heavy (non-hydrogen) atoms. The van der Waals surface area contributed by atoms with E-state index in [0.717, 1.165) is 0 Å². The van der Waals surface area contributed by atoms with Gasteiger partial charge in [0, 0.05) is 0 Å². The molecule has 0 spiro atoms. The highest BCUT2D eigenvalue weighted by Gasteiger charge is 2.18. The highest BCUT2D eigenvalue weighted by Crippen LogP contribution is 2.21. The van der Waals surface area contributed by atoms with Gasteiger partial charge in [-0.3, -0.25) is 19.7 Å². The molecule has 0 saturated heterocycles. The first-order valence-corrected chi connectivity index (χ1v) is 8.44. The Bertz CT molecular complexity index is 880. The van der Waals surface area contributed by atoms with Crippen LogP contribution in [0.5, 0.6) is 5.75 Å². The van der Waals surface area contributed by atoms with Gasteiger partial charge in [0.05, 0.1) is 16.1 Å². The van der Waals surface area contributed by atoms with Crippen LogP contribution in [0.2, 0.25) is 0 Å². The maximum absolute atomic E-state index is 12.4. The molecule has 1 amide bonds. The molecule has 0 aliphatic rings. The van der Waals surface area contributed by atoms with E-state index in [0.29, 0.717) is 0 Å². The fraction of sp³-hybridized carbons (Fsp3) is 0.0667. The third-order valence-electron chi connectivity index (χ3n) is 3.00. The summed E-state index contributed by atoms with van der Waals surface area (Å²) < 4.78 is 27.0. The van der Waals surface area contributed by atoms with Gasteiger partial charge in [-0.2, -0.15) is 0 Å². The molecule has 2 rings (SSSR count). The summed E-state index contributed by atoms with van der Waals surface area (Å²) in [6, 6.07) is 10.7. The van der Waals surface area contributed by atoms with Gasteiger partial charge < -0.3 is 10.2 Å². The average Bonchev–Trinajstić information content (AvgIpc) is 2.55. The Balaban J connectivity index is 2.21. The lowest BCUT2D eigenvalue weighted by Gasteiger charge is -2.13. The number of carboxylic acid groups (broad SMARTS) is 1. The number of benzene rings is 2. The van der Waals surface area contributed by atoms with Crippen molar-refractivity contribution in [3.05, 3.63) is 54.1 Å². The van der Waals surface area contributed by atoms with Gasteiger partial charge in [-0.05, 0) is 36.4 Å². The van der Waals surface area contributed by atoms with Crippen molar-refractivity contribution in [3.63, 3.8) is 0 Å². The monoisotopic (exact) mass is 365 g/mol. The van der Waals surface area contributed by atoms with Crippen LogP contribution >= 0.6 is 0 Å². The minimum absolute atomic E-state index is 0.00254. The van der Waals surface area contributed by atoms with E-state index in [-0.39, 0.29) is 21.9 Å². The SMILES string of the molecule is O=C(O)CNNC(=O)c1ccccc1NS(=O)(=O)c1ccc(O)cc1. The van der Waals surface area contributed by atoms with Crippen LogP contribution < -0.4 is 15.6 Å². The van der Waals surface area contributed by atoms with E-state index >= 15 is 0 Å². The molecule has 9 nitrogen and oxygen atoms in total. The highest BCUT2D eigenvalue weighted by molar-refractivity contribution is 7.92. The minimum Gasteiger partial charge on any atom is -0.508 e. The summed E-state index contributed by atoms with van der Waals surface area (Å²) in [6.45, 7) is -0.493. The van der Waals surface area contributed by atoms with Crippen LogP contribution in [0.4, 0.5) is 5.69 Å². The van der Waals surface area contributed by atoms with Crippen LogP contribution in [0.1, 0.15) is 10.4 Å². The lowest BCUT2D eigenvalue weighted by Crippen LogP contribution is -2.40. The van der Waals surface area contributed by atoms with Crippen LogP contribution in [-0.4, -0.2) is 37.1 Å². The van der Waals surface area contributed by atoms with Gasteiger partial charge in [0.2, 0.25) is 0 Å². The zero-order valence-corrected chi connectivity index (χ0v) is 13.6. The first-order valence-electron chi connectivity index (χ1n) is 6.95. The van der Waals surface area contributed by atoms with Crippen molar-refractivity contribution >= 4 is 27.6 Å². The molecule has 0 fully saturated rings. The van der Waals surface area contributed by atoms with Crippen LogP contribution in [-0.2, 0) is 14.8 Å². The molecule has 0 aliphatic carbocycles. The third-order valence-corrected chi connectivity index (χ3v) is 4.39. The van der Waals surface area contributed by atoms with Crippen LogP contribution in [0, 0.1) is 0 Å². The van der Waals surface area contributed by atoms with E-state index in [1.807, 2.05) is 0 Å². The number of anilines is 1. The van der Waals surface area contributed by atoms with E-state index < -0.39 is 28.4 Å². The Hall–Kier alpha value is -3.11. The summed E-state index contributed by atoms with van der Waals surface area (Å²) in [4.78, 5) is 22.4. The molecule has 132 valence electrons. The zero-order valence-electron chi connectivity index (χ0n) is 12.8. The molecule has 0 atom stereocenters. The van der Waals surface area contributed by atoms with Crippen molar-refractivity contribution in [1.29, 1.82) is 0 Å². The number of hydrazine groups is 1. The summed E-state index contributed by atoms with van der Waals surface area (Å²) in [5.74, 6) is -1.95. The third kappa shape index (κ3) is 4.93. The molecule has 5 N–H and O–H groups in total. The van der Waals surface area contributed by atoms with Crippen LogP contribution in [0.25, 0.3) is 0 Å². The Morgan fingerprint density at radius 1 is 1.00 bits per heavy atom. The van der Waals surface area contributed by atoms with Gasteiger partial charge in [-0.25, -0.2) is 13.8 Å². The number of carbonyl (C=O) groups excluding carboxylic acids is 1. The van der Waals surface area contributed by atoms with Crippen molar-refractivity contribution < 1.29 is 28.2 Å². The predicted molar refractivity (Wildman–Crippen MR) is 88.5 cm³/mol. The van der Waals surface area contributed by atoms with Gasteiger partial charge in [0.15, 0.2) is 0 Å². The number of rotatable bonds is 7. The van der Waals surface area contributed by atoms with E-state index in [4.69, 9.17) is 5.11 Å². The second-order valence-corrected chi connectivity index (χ2v) is 6.53. The lowest BCUT2D eigenvalue weighted by atomic mass is 10.2. The second kappa shape index (κ2) is 7.64. The van der Waals surface area contributed by atoms with Crippen molar-refractivity contribution in [1.82, 2.24) is 10.9 Å². The van der Waals surface area contributed by atoms with Gasteiger partial charge in [-0.15, -0.1) is 0 Å². The maximum Gasteiger partial charge on any atom is 0.319 e. The summed E-state index contributed by atoms with van der Waals surface area (Å²) in [5.41, 5.74) is 4.39. The predicted octanol–water partition coefficient (Wildman–Crippen LogP) is 0.512. The molecule has 10 heteroatoms. The summed E-state index contributed by atoms with van der Waals surface area (Å²) in [6.07, 6.45) is 0. The Labute approximate surface area is 143 Å². The quantitative estimate of drug-likeness (QED) is 0.450. The van der Waals surface area contributed by atoms with E-state index in [1.165, 1.54) is 48.5 Å². The average molecular weight is 365 g/mol. The fourth-order valence-electron chi connectivity index (χ4n) is 1.87. The number of carbonyl (C=O) groups is 2. The van der Waals surface area contributed by atoms with Crippen molar-refractivity contribution in [3.8, 4) is 5.75 Å². The topological polar surface area (TPSA) is 145 Å². The maximum atomic E-state index is 12.4. The fourth-order valence-corrected chi connectivity index (χ4v) is 2.95. The number of aliphatic carboxylic acids is 1. The zero-order chi connectivity index (χ0) is 18.4. The van der Waals surface area contributed by atoms with Gasteiger partial charge in [0.25, 0.3) is 15.9 Å². The van der Waals surface area contributed by atoms with Crippen LogP contribution in [0.15, 0.2) is 53.4 Å². The number of hydrogen-bond donors (Lipinski definition) is 5. The number of amides is 1. The second-order valence-electron chi connectivity index (χ2n) is 4.85. The standard InChI is InChI=1S/C15H15N3O6S/c19-10-5-7-11(8-6-10)25(23,24)18-13-4-2-1-3-12(13)15(22)17-16-9-14(20)21/h1-8,16,18-19H,9H2,(H,17,22)(H,20,21). The molecule has 0 aliphatic heterocycles. The van der Waals surface area contributed by atoms with Gasteiger partial charge >= 0.3 is 5.97 Å². The van der Waals surface area contributed by atoms with Crippen molar-refractivity contribution in [2.75, 3.05) is 11.3 Å². The van der Waals surface area contributed by atoms with Gasteiger partial charge in [-0.1, -0.05) is 12.1 Å². The number of carboxylic acids is 1. The number of phenols is 1. The smallest absolute Gasteiger partial charge is 0.319 e. The lowest BCUT2D eigenvalue weighted by molar-refractivity contribution is -0.136. The summed E-state index contributed by atoms with van der Waals surface area (Å²) in [5, 5.41) is 17.8. The number of para-hydroxylation sites is 1. The van der Waals surface area contributed by atoms with E-state index in [2.05, 4.69) is 15.6 Å². The Morgan fingerprint density at radius 2 is 1.64 bits per heavy atom. The molecular weight excluding hydrogens is 350 g/mol. The Kier molecular flexibility index (Phi) is 5.57. The van der Waals surface area contributed by atoms with E-state index in [9.17, 15) is 23.1 Å². The molecule has 2 aromatic carbocycles. The molecule has 0 unspecified atom stereocenters. The van der Waals surface area contributed by atoms with Gasteiger partial charge in [0.1, 0.15) is 12.3 Å². The number of phenolic OH excluding ortho intramolecular Hbond substituents is 1. The molecule has 0 aromatic heterocycles. The molecule has 0 heterocycles. The van der Waals surface area contributed by atoms with Crippen LogP contribution in [0.3, 0.4) is 0 Å². The number of aromatic hydroxyl groups is 1. The van der Waals surface area contributed by atoms with Crippen molar-refractivity contribution in [2.24, 2.45) is 0 Å². The number of nitrogens with one attached hydrogen (secondary N) is 3.